The Kier molecular flexibility index (Phi) is 5.29. The molecular formula is C21H19N3O2. The van der Waals surface area contributed by atoms with E-state index in [1.807, 2.05) is 36.4 Å². The van der Waals surface area contributed by atoms with Gasteiger partial charge in [-0.2, -0.15) is 0 Å². The zero-order chi connectivity index (χ0) is 18.4. The summed E-state index contributed by atoms with van der Waals surface area (Å²) in [4.78, 5) is 16.9. The van der Waals surface area contributed by atoms with E-state index in [4.69, 9.17) is 10.5 Å². The maximum absolute atomic E-state index is 12.6. The number of anilines is 3. The Bertz CT molecular complexity index is 937. The van der Waals surface area contributed by atoms with Crippen LogP contribution in [0.4, 0.5) is 17.2 Å². The van der Waals surface area contributed by atoms with E-state index in [1.54, 1.807) is 43.6 Å². The second-order valence-corrected chi connectivity index (χ2v) is 5.59. The van der Waals surface area contributed by atoms with Crippen LogP contribution in [-0.2, 0) is 0 Å². The summed E-state index contributed by atoms with van der Waals surface area (Å²) in [5, 5.41) is 3.17. The molecule has 3 N–H and O–H groups in total. The highest BCUT2D eigenvalue weighted by Gasteiger charge is 2.10. The number of methoxy groups -OCH3 is 1. The summed E-state index contributed by atoms with van der Waals surface area (Å²) in [6, 6.07) is 18.4. The van der Waals surface area contributed by atoms with Gasteiger partial charge in [-0.25, -0.2) is 4.98 Å². The van der Waals surface area contributed by atoms with Gasteiger partial charge in [0.2, 0.25) is 0 Å². The zero-order valence-corrected chi connectivity index (χ0v) is 14.3. The lowest BCUT2D eigenvalue weighted by molar-refractivity contribution is 0.104. The zero-order valence-electron chi connectivity index (χ0n) is 14.3. The van der Waals surface area contributed by atoms with Crippen molar-refractivity contribution >= 4 is 29.1 Å². The minimum atomic E-state index is -0.147. The van der Waals surface area contributed by atoms with Crippen molar-refractivity contribution in [2.24, 2.45) is 0 Å². The van der Waals surface area contributed by atoms with Crippen LogP contribution in [-0.4, -0.2) is 17.9 Å². The van der Waals surface area contributed by atoms with Crippen molar-refractivity contribution in [1.29, 1.82) is 0 Å². The molecule has 26 heavy (non-hydrogen) atoms. The molecule has 0 aliphatic rings. The van der Waals surface area contributed by atoms with Crippen LogP contribution in [0.5, 0.6) is 5.75 Å². The number of allylic oxidation sites excluding steroid dienone is 1. The monoisotopic (exact) mass is 345 g/mol. The van der Waals surface area contributed by atoms with Crippen LogP contribution in [0.1, 0.15) is 15.9 Å². The number of hydrogen-bond acceptors (Lipinski definition) is 5. The number of nitrogens with one attached hydrogen (secondary N) is 1. The first-order valence-corrected chi connectivity index (χ1v) is 8.10. The minimum absolute atomic E-state index is 0.147. The first-order chi connectivity index (χ1) is 12.7. The van der Waals surface area contributed by atoms with E-state index in [2.05, 4.69) is 10.3 Å². The minimum Gasteiger partial charge on any atom is -0.495 e. The number of ketones is 1. The van der Waals surface area contributed by atoms with Crippen LogP contribution in [0.2, 0.25) is 0 Å². The highest BCUT2D eigenvalue weighted by molar-refractivity contribution is 6.10. The summed E-state index contributed by atoms with van der Waals surface area (Å²) in [6.07, 6.45) is 4.88. The van der Waals surface area contributed by atoms with E-state index in [-0.39, 0.29) is 5.78 Å². The van der Waals surface area contributed by atoms with Gasteiger partial charge in [-0.3, -0.25) is 4.79 Å². The average Bonchev–Trinajstić information content (AvgIpc) is 2.67. The van der Waals surface area contributed by atoms with Crippen molar-refractivity contribution in [3.05, 3.63) is 84.1 Å². The molecule has 1 heterocycles. The Morgan fingerprint density at radius 1 is 1.12 bits per heavy atom. The predicted octanol–water partition coefficient (Wildman–Crippen LogP) is 4.31. The van der Waals surface area contributed by atoms with Crippen LogP contribution in [0.25, 0.3) is 6.08 Å². The lowest BCUT2D eigenvalue weighted by Crippen LogP contribution is -2.03. The molecule has 0 saturated heterocycles. The molecule has 0 unspecified atom stereocenters. The lowest BCUT2D eigenvalue weighted by atomic mass is 10.1. The normalized spacial score (nSPS) is 10.7. The number of hydrogen-bond donors (Lipinski definition) is 2. The first kappa shape index (κ1) is 17.2. The molecule has 0 aliphatic heterocycles. The third kappa shape index (κ3) is 4.08. The molecule has 0 amide bonds. The molecule has 2 aromatic carbocycles. The second-order valence-electron chi connectivity index (χ2n) is 5.59. The van der Waals surface area contributed by atoms with Gasteiger partial charge < -0.3 is 15.8 Å². The number of ether oxygens (including phenoxy) is 1. The number of benzene rings is 2. The fraction of sp³-hybridized carbons (Fsp3) is 0.0476. The molecule has 0 saturated carbocycles. The molecule has 0 aliphatic carbocycles. The molecule has 130 valence electrons. The smallest absolute Gasteiger partial charge is 0.189 e. The summed E-state index contributed by atoms with van der Waals surface area (Å²) in [5.74, 6) is 0.976. The van der Waals surface area contributed by atoms with Crippen LogP contribution < -0.4 is 15.8 Å². The van der Waals surface area contributed by atoms with E-state index < -0.39 is 0 Å². The Labute approximate surface area is 152 Å². The number of aromatic nitrogens is 1. The van der Waals surface area contributed by atoms with E-state index >= 15 is 0 Å². The molecular weight excluding hydrogens is 326 g/mol. The predicted molar refractivity (Wildman–Crippen MR) is 105 cm³/mol. The lowest BCUT2D eigenvalue weighted by Gasteiger charge is -2.08. The van der Waals surface area contributed by atoms with Crippen molar-refractivity contribution in [2.75, 3.05) is 18.2 Å². The third-order valence-corrected chi connectivity index (χ3v) is 3.79. The van der Waals surface area contributed by atoms with Crippen molar-refractivity contribution in [1.82, 2.24) is 4.98 Å². The van der Waals surface area contributed by atoms with Crippen molar-refractivity contribution in [3.8, 4) is 5.75 Å². The van der Waals surface area contributed by atoms with E-state index in [0.717, 1.165) is 11.3 Å². The van der Waals surface area contributed by atoms with Gasteiger partial charge in [0, 0.05) is 11.9 Å². The Morgan fingerprint density at radius 3 is 2.65 bits per heavy atom. The van der Waals surface area contributed by atoms with Crippen molar-refractivity contribution in [3.63, 3.8) is 0 Å². The molecule has 1 aromatic heterocycles. The molecule has 3 aromatic rings. The fourth-order valence-electron chi connectivity index (χ4n) is 2.48. The van der Waals surface area contributed by atoms with Crippen molar-refractivity contribution < 1.29 is 9.53 Å². The van der Waals surface area contributed by atoms with Crippen LogP contribution in [0.15, 0.2) is 72.9 Å². The Morgan fingerprint density at radius 2 is 1.92 bits per heavy atom. The molecule has 0 fully saturated rings. The number of para-hydroxylation sites is 1. The van der Waals surface area contributed by atoms with Gasteiger partial charge in [-0.05, 0) is 48.0 Å². The molecule has 0 atom stereocenters. The maximum Gasteiger partial charge on any atom is 0.189 e. The van der Waals surface area contributed by atoms with Gasteiger partial charge >= 0.3 is 0 Å². The molecule has 5 nitrogen and oxygen atoms in total. The molecule has 5 heteroatoms. The summed E-state index contributed by atoms with van der Waals surface area (Å²) in [6.45, 7) is 0. The van der Waals surface area contributed by atoms with E-state index in [0.29, 0.717) is 22.8 Å². The number of carbonyl (C=O) groups excluding carboxylic acids is 1. The number of nitrogen functional groups attached to an aromatic ring is 1. The van der Waals surface area contributed by atoms with Crippen molar-refractivity contribution in [2.45, 2.75) is 0 Å². The quantitative estimate of drug-likeness (QED) is 0.395. The van der Waals surface area contributed by atoms with Crippen LogP contribution >= 0.6 is 0 Å². The Balaban J connectivity index is 1.81. The number of rotatable bonds is 6. The van der Waals surface area contributed by atoms with Gasteiger partial charge in [0.25, 0.3) is 0 Å². The second kappa shape index (κ2) is 7.98. The fourth-order valence-corrected chi connectivity index (χ4v) is 2.48. The molecule has 0 radical (unpaired) electrons. The van der Waals surface area contributed by atoms with Gasteiger partial charge in [0.1, 0.15) is 11.6 Å². The number of nitrogens with two attached hydrogens (primary N) is 1. The molecule has 0 bridgehead atoms. The summed E-state index contributed by atoms with van der Waals surface area (Å²) < 4.78 is 5.13. The standard InChI is InChI=1S/C21H19N3O2/c1-26-20-12-10-15(14-18(20)22)9-11-19(25)17-8-5-13-23-21(17)24-16-6-3-2-4-7-16/h2-14H,22H2,1H3,(H,23,24). The molecule has 0 spiro atoms. The number of carbonyl (C=O) groups is 1. The summed E-state index contributed by atoms with van der Waals surface area (Å²) >= 11 is 0. The summed E-state index contributed by atoms with van der Waals surface area (Å²) in [5.41, 5.74) is 8.60. The van der Waals surface area contributed by atoms with Gasteiger partial charge in [0.05, 0.1) is 18.4 Å². The van der Waals surface area contributed by atoms with Gasteiger partial charge in [-0.1, -0.05) is 30.3 Å². The topological polar surface area (TPSA) is 77.2 Å². The van der Waals surface area contributed by atoms with Gasteiger partial charge in [-0.15, -0.1) is 0 Å². The summed E-state index contributed by atoms with van der Waals surface area (Å²) in [7, 11) is 1.56. The number of pyridine rings is 1. The highest BCUT2D eigenvalue weighted by Crippen LogP contribution is 2.23. The Hall–Kier alpha value is -3.60. The van der Waals surface area contributed by atoms with Crippen LogP contribution in [0, 0.1) is 0 Å². The number of nitrogens with zero attached hydrogens (tertiary/aromatic N) is 1. The van der Waals surface area contributed by atoms with E-state index in [1.165, 1.54) is 6.08 Å². The largest absolute Gasteiger partial charge is 0.495 e. The van der Waals surface area contributed by atoms with Gasteiger partial charge in [0.15, 0.2) is 5.78 Å². The highest BCUT2D eigenvalue weighted by atomic mass is 16.5. The third-order valence-electron chi connectivity index (χ3n) is 3.79. The van der Waals surface area contributed by atoms with Crippen LogP contribution in [0.3, 0.4) is 0 Å². The SMILES string of the molecule is COc1ccc(C=CC(=O)c2cccnc2Nc2ccccc2)cc1N. The molecule has 3 rings (SSSR count). The maximum atomic E-state index is 12.6. The van der Waals surface area contributed by atoms with E-state index in [9.17, 15) is 4.79 Å². The average molecular weight is 345 g/mol. The first-order valence-electron chi connectivity index (χ1n) is 8.10.